The Bertz CT molecular complexity index is 732. The summed E-state index contributed by atoms with van der Waals surface area (Å²) in [7, 11) is -1.84. The predicted octanol–water partition coefficient (Wildman–Crippen LogP) is 2.55. The summed E-state index contributed by atoms with van der Waals surface area (Å²) in [5, 5.41) is 3.15. The second-order valence-corrected chi connectivity index (χ2v) is 9.39. The van der Waals surface area contributed by atoms with Crippen LogP contribution >= 0.6 is 0 Å². The number of carbonyl (C=O) groups excluding carboxylic acids is 1. The topological polar surface area (TPSA) is 75.7 Å². The molecule has 1 aromatic rings. The number of benzene rings is 1. The van der Waals surface area contributed by atoms with Crippen molar-refractivity contribution in [1.82, 2.24) is 5.32 Å². The van der Waals surface area contributed by atoms with Crippen molar-refractivity contribution >= 4 is 21.6 Å². The first kappa shape index (κ1) is 19.0. The van der Waals surface area contributed by atoms with Gasteiger partial charge in [-0.2, -0.15) is 0 Å². The third kappa shape index (κ3) is 4.50. The summed E-state index contributed by atoms with van der Waals surface area (Å²) in [6.07, 6.45) is 6.92. The van der Waals surface area contributed by atoms with Gasteiger partial charge in [0.25, 0.3) is 0 Å². The number of methoxy groups -OCH3 is 1. The lowest BCUT2D eigenvalue weighted by Gasteiger charge is -2.24. The van der Waals surface area contributed by atoms with Crippen LogP contribution in [0, 0.1) is 11.8 Å². The molecule has 2 bridgehead atoms. The van der Waals surface area contributed by atoms with Crippen LogP contribution in [0.2, 0.25) is 0 Å². The molecule has 144 valence electrons. The van der Waals surface area contributed by atoms with E-state index in [1.807, 2.05) is 0 Å². The van der Waals surface area contributed by atoms with Crippen LogP contribution in [0.4, 0.5) is 5.69 Å². The highest BCUT2D eigenvalue weighted by atomic mass is 32.2. The molecule has 3 unspecified atom stereocenters. The molecule has 2 fully saturated rings. The highest BCUT2D eigenvalue weighted by molar-refractivity contribution is 7.92. The molecule has 6 nitrogen and oxygen atoms in total. The van der Waals surface area contributed by atoms with Gasteiger partial charge >= 0.3 is 0 Å². The fourth-order valence-corrected chi connectivity index (χ4v) is 5.28. The molecule has 1 aromatic carbocycles. The molecule has 2 aliphatic carbocycles. The van der Waals surface area contributed by atoms with Gasteiger partial charge in [0.15, 0.2) is 0 Å². The Morgan fingerprint density at radius 3 is 2.50 bits per heavy atom. The van der Waals surface area contributed by atoms with Crippen LogP contribution in [0.15, 0.2) is 24.3 Å². The Balaban J connectivity index is 1.52. The largest absolute Gasteiger partial charge is 0.497 e. The lowest BCUT2D eigenvalue weighted by atomic mass is 9.95. The summed E-state index contributed by atoms with van der Waals surface area (Å²) in [6, 6.07) is 7.23. The first-order valence-corrected chi connectivity index (χ1v) is 11.1. The quantitative estimate of drug-likeness (QED) is 0.752. The molecule has 7 heteroatoms. The normalized spacial score (nSPS) is 24.5. The molecule has 1 N–H and O–H groups in total. The van der Waals surface area contributed by atoms with Crippen molar-refractivity contribution in [3.63, 3.8) is 0 Å². The van der Waals surface area contributed by atoms with Gasteiger partial charge in [-0.05, 0) is 61.8 Å². The maximum atomic E-state index is 12.2. The second kappa shape index (κ2) is 7.86. The number of nitrogens with zero attached hydrogens (tertiary/aromatic N) is 1. The summed E-state index contributed by atoms with van der Waals surface area (Å²) in [5.41, 5.74) is 0.585. The van der Waals surface area contributed by atoms with Crippen LogP contribution in [-0.2, 0) is 14.8 Å². The van der Waals surface area contributed by atoms with Crippen molar-refractivity contribution in [3.05, 3.63) is 24.3 Å². The molecule has 0 radical (unpaired) electrons. The lowest BCUT2D eigenvalue weighted by molar-refractivity contribution is -0.122. The van der Waals surface area contributed by atoms with Gasteiger partial charge in [0.05, 0.1) is 19.1 Å². The molecule has 0 spiro atoms. The monoisotopic (exact) mass is 380 g/mol. The maximum Gasteiger partial charge on any atom is 0.232 e. The average Bonchev–Trinajstić information content (AvgIpc) is 3.21. The SMILES string of the molecule is COc1ccc(N(CCCC(=O)NC2CC3CCC2C3)S(C)(=O)=O)cc1. The molecular formula is C19H28N2O4S. The molecule has 0 saturated heterocycles. The molecule has 1 amide bonds. The third-order valence-corrected chi connectivity index (χ3v) is 6.80. The summed E-state index contributed by atoms with van der Waals surface area (Å²) in [6.45, 7) is 0.287. The first-order chi connectivity index (χ1) is 12.4. The zero-order valence-electron chi connectivity index (χ0n) is 15.5. The van der Waals surface area contributed by atoms with E-state index in [1.165, 1.54) is 29.8 Å². The van der Waals surface area contributed by atoms with Crippen molar-refractivity contribution in [2.45, 2.75) is 44.6 Å². The van der Waals surface area contributed by atoms with Gasteiger partial charge in [0, 0.05) is 19.0 Å². The molecular weight excluding hydrogens is 352 g/mol. The van der Waals surface area contributed by atoms with Crippen LogP contribution in [0.5, 0.6) is 5.75 Å². The molecule has 2 aliphatic rings. The van der Waals surface area contributed by atoms with Crippen LogP contribution in [0.1, 0.15) is 38.5 Å². The molecule has 0 aromatic heterocycles. The van der Waals surface area contributed by atoms with Crippen molar-refractivity contribution < 1.29 is 17.9 Å². The fraction of sp³-hybridized carbons (Fsp3) is 0.632. The van der Waals surface area contributed by atoms with Gasteiger partial charge in [0.1, 0.15) is 5.75 Å². The zero-order chi connectivity index (χ0) is 18.7. The number of sulfonamides is 1. The van der Waals surface area contributed by atoms with E-state index in [0.29, 0.717) is 36.2 Å². The van der Waals surface area contributed by atoms with E-state index in [1.54, 1.807) is 31.4 Å². The van der Waals surface area contributed by atoms with Crippen LogP contribution in [0.25, 0.3) is 0 Å². The number of hydrogen-bond donors (Lipinski definition) is 1. The number of anilines is 1. The van der Waals surface area contributed by atoms with E-state index in [2.05, 4.69) is 5.32 Å². The zero-order valence-corrected chi connectivity index (χ0v) is 16.3. The fourth-order valence-electron chi connectivity index (χ4n) is 4.32. The van der Waals surface area contributed by atoms with Gasteiger partial charge < -0.3 is 10.1 Å². The Morgan fingerprint density at radius 2 is 1.96 bits per heavy atom. The molecule has 0 heterocycles. The van der Waals surface area contributed by atoms with Crippen molar-refractivity contribution in [1.29, 1.82) is 0 Å². The standard InChI is InChI=1S/C19H28N2O4S/c1-25-17-9-7-16(8-10-17)21(26(2,23)24)11-3-4-19(22)20-18-13-14-5-6-15(18)12-14/h7-10,14-15,18H,3-6,11-13H2,1-2H3,(H,20,22). The van der Waals surface area contributed by atoms with Crippen molar-refractivity contribution in [2.75, 3.05) is 24.2 Å². The number of nitrogens with one attached hydrogen (secondary N) is 1. The van der Waals surface area contributed by atoms with Gasteiger partial charge in [-0.1, -0.05) is 6.42 Å². The Labute approximate surface area is 156 Å². The van der Waals surface area contributed by atoms with Gasteiger partial charge in [0.2, 0.25) is 15.9 Å². The number of amides is 1. The molecule has 3 atom stereocenters. The van der Waals surface area contributed by atoms with Crippen molar-refractivity contribution in [3.8, 4) is 5.75 Å². The van der Waals surface area contributed by atoms with E-state index in [-0.39, 0.29) is 12.5 Å². The summed E-state index contributed by atoms with van der Waals surface area (Å²) < 4.78 is 30.7. The molecule has 0 aliphatic heterocycles. The summed E-state index contributed by atoms with van der Waals surface area (Å²) in [5.74, 6) is 2.15. The van der Waals surface area contributed by atoms with Crippen molar-refractivity contribution in [2.24, 2.45) is 11.8 Å². The van der Waals surface area contributed by atoms with Crippen LogP contribution in [-0.4, -0.2) is 40.3 Å². The highest BCUT2D eigenvalue weighted by Crippen LogP contribution is 2.44. The first-order valence-electron chi connectivity index (χ1n) is 9.28. The third-order valence-electron chi connectivity index (χ3n) is 5.61. The van der Waals surface area contributed by atoms with Gasteiger partial charge in [-0.15, -0.1) is 0 Å². The number of fused-ring (bicyclic) bond motifs is 2. The summed E-state index contributed by atoms with van der Waals surface area (Å²) >= 11 is 0. The average molecular weight is 381 g/mol. The van der Waals surface area contributed by atoms with E-state index in [9.17, 15) is 13.2 Å². The van der Waals surface area contributed by atoms with E-state index < -0.39 is 10.0 Å². The highest BCUT2D eigenvalue weighted by Gasteiger charge is 2.39. The second-order valence-electron chi connectivity index (χ2n) is 7.49. The Hall–Kier alpha value is -1.76. The van der Waals surface area contributed by atoms with Crippen LogP contribution in [0.3, 0.4) is 0 Å². The predicted molar refractivity (Wildman–Crippen MR) is 102 cm³/mol. The minimum atomic E-state index is -3.40. The van der Waals surface area contributed by atoms with Gasteiger partial charge in [-0.25, -0.2) is 8.42 Å². The number of ether oxygens (including phenoxy) is 1. The lowest BCUT2D eigenvalue weighted by Crippen LogP contribution is -2.39. The smallest absolute Gasteiger partial charge is 0.232 e. The van der Waals surface area contributed by atoms with Crippen LogP contribution < -0.4 is 14.4 Å². The van der Waals surface area contributed by atoms with E-state index in [0.717, 1.165) is 12.3 Å². The van der Waals surface area contributed by atoms with E-state index >= 15 is 0 Å². The number of hydrogen-bond acceptors (Lipinski definition) is 4. The molecule has 3 rings (SSSR count). The Morgan fingerprint density at radius 1 is 1.23 bits per heavy atom. The summed E-state index contributed by atoms with van der Waals surface area (Å²) in [4.78, 5) is 12.2. The van der Waals surface area contributed by atoms with Gasteiger partial charge in [-0.3, -0.25) is 9.10 Å². The number of rotatable bonds is 8. The minimum Gasteiger partial charge on any atom is -0.497 e. The molecule has 2 saturated carbocycles. The molecule has 26 heavy (non-hydrogen) atoms. The van der Waals surface area contributed by atoms with E-state index in [4.69, 9.17) is 4.74 Å². The number of carbonyl (C=O) groups is 1. The maximum absolute atomic E-state index is 12.2. The Kier molecular flexibility index (Phi) is 5.75. The minimum absolute atomic E-state index is 0.0331.